The van der Waals surface area contributed by atoms with Crippen LogP contribution in [-0.2, 0) is 4.74 Å². The van der Waals surface area contributed by atoms with E-state index in [1.54, 1.807) is 6.20 Å². The Balaban J connectivity index is 1.56. The summed E-state index contributed by atoms with van der Waals surface area (Å²) in [5, 5.41) is 6.57. The minimum absolute atomic E-state index is 0.156. The average Bonchev–Trinajstić information content (AvgIpc) is 3.01. The van der Waals surface area contributed by atoms with E-state index in [0.29, 0.717) is 34.8 Å². The molecule has 0 radical (unpaired) electrons. The molecule has 0 bridgehead atoms. The number of aromatic amines is 1. The van der Waals surface area contributed by atoms with Crippen molar-refractivity contribution < 1.29 is 9.13 Å². The van der Waals surface area contributed by atoms with Gasteiger partial charge >= 0.3 is 0 Å². The smallest absolute Gasteiger partial charge is 0.224 e. The maximum absolute atomic E-state index is 13.3. The molecule has 2 aromatic heterocycles. The first kappa shape index (κ1) is 17.3. The highest BCUT2D eigenvalue weighted by atomic mass is 35.5. The lowest BCUT2D eigenvalue weighted by molar-refractivity contribution is 0.0903. The van der Waals surface area contributed by atoms with E-state index in [0.717, 1.165) is 26.1 Å². The molecule has 3 N–H and O–H groups in total. The average molecular weight is 397 g/mol. The van der Waals surface area contributed by atoms with E-state index >= 15 is 0 Å². The summed E-state index contributed by atoms with van der Waals surface area (Å²) < 4.78 is 18.6. The predicted molar refractivity (Wildman–Crippen MR) is 98.9 cm³/mol. The predicted octanol–water partition coefficient (Wildman–Crippen LogP) is 4.13. The summed E-state index contributed by atoms with van der Waals surface area (Å²) in [6.45, 7) is 1.47. The summed E-state index contributed by atoms with van der Waals surface area (Å²) in [5.41, 5.74) is 1.51. The highest BCUT2D eigenvalue weighted by molar-refractivity contribution is 6.39. The minimum atomic E-state index is -0.509. The van der Waals surface area contributed by atoms with Gasteiger partial charge < -0.3 is 20.4 Å². The van der Waals surface area contributed by atoms with E-state index in [-0.39, 0.29) is 10.0 Å². The number of anilines is 3. The molecule has 0 aliphatic carbocycles. The fraction of sp³-hybridized carbons (Fsp3) is 0.312. The van der Waals surface area contributed by atoms with Gasteiger partial charge in [-0.05, 0) is 25.0 Å². The summed E-state index contributed by atoms with van der Waals surface area (Å²) in [6.07, 6.45) is 3.46. The van der Waals surface area contributed by atoms with Crippen molar-refractivity contribution in [2.24, 2.45) is 0 Å². The number of fused-ring (bicyclic) bond motifs is 1. The quantitative estimate of drug-likeness (QED) is 0.614. The topological polar surface area (TPSA) is 87.8 Å². The first-order chi connectivity index (χ1) is 12.6. The third-order valence-electron chi connectivity index (χ3n) is 4.04. The van der Waals surface area contributed by atoms with Crippen LogP contribution in [0.15, 0.2) is 18.3 Å². The summed E-state index contributed by atoms with van der Waals surface area (Å²) >= 11 is 12.1. The largest absolute Gasteiger partial charge is 0.381 e. The first-order valence-electron chi connectivity index (χ1n) is 8.07. The van der Waals surface area contributed by atoms with Crippen LogP contribution < -0.4 is 10.6 Å². The summed E-state index contributed by atoms with van der Waals surface area (Å²) in [5.74, 6) is 0.398. The van der Waals surface area contributed by atoms with Crippen LogP contribution in [0.4, 0.5) is 22.0 Å². The molecule has 1 aromatic carbocycles. The summed E-state index contributed by atoms with van der Waals surface area (Å²) in [7, 11) is 0. The zero-order valence-corrected chi connectivity index (χ0v) is 15.0. The molecule has 26 heavy (non-hydrogen) atoms. The number of aromatic nitrogens is 4. The maximum Gasteiger partial charge on any atom is 0.224 e. The molecular weight excluding hydrogens is 382 g/mol. The number of halogens is 3. The van der Waals surface area contributed by atoms with Gasteiger partial charge in [0.15, 0.2) is 5.65 Å². The van der Waals surface area contributed by atoms with E-state index in [1.807, 2.05) is 0 Å². The third-order valence-corrected chi connectivity index (χ3v) is 4.64. The van der Waals surface area contributed by atoms with Gasteiger partial charge in [0.2, 0.25) is 11.9 Å². The van der Waals surface area contributed by atoms with Crippen molar-refractivity contribution in [3.63, 3.8) is 0 Å². The van der Waals surface area contributed by atoms with E-state index < -0.39 is 5.82 Å². The van der Waals surface area contributed by atoms with Crippen molar-refractivity contribution in [2.75, 3.05) is 23.8 Å². The fourth-order valence-corrected chi connectivity index (χ4v) is 3.30. The van der Waals surface area contributed by atoms with Gasteiger partial charge in [0.25, 0.3) is 0 Å². The van der Waals surface area contributed by atoms with Gasteiger partial charge in [-0.15, -0.1) is 0 Å². The number of ether oxygens (including phenoxy) is 1. The minimum Gasteiger partial charge on any atom is -0.381 e. The van der Waals surface area contributed by atoms with Crippen molar-refractivity contribution >= 4 is 51.9 Å². The molecule has 1 fully saturated rings. The molecule has 0 unspecified atom stereocenters. The number of nitrogens with zero attached hydrogens (tertiary/aromatic N) is 3. The van der Waals surface area contributed by atoms with Crippen LogP contribution in [0.1, 0.15) is 12.8 Å². The zero-order valence-electron chi connectivity index (χ0n) is 13.5. The maximum atomic E-state index is 13.3. The Kier molecular flexibility index (Phi) is 4.80. The van der Waals surface area contributed by atoms with Gasteiger partial charge in [0.05, 0.1) is 21.9 Å². The second-order valence-electron chi connectivity index (χ2n) is 5.91. The Hall–Kier alpha value is -2.16. The highest BCUT2D eigenvalue weighted by Crippen LogP contribution is 2.33. The van der Waals surface area contributed by atoms with Crippen molar-refractivity contribution in [1.29, 1.82) is 0 Å². The fourth-order valence-electron chi connectivity index (χ4n) is 2.74. The molecule has 10 heteroatoms. The second kappa shape index (κ2) is 7.22. The highest BCUT2D eigenvalue weighted by Gasteiger charge is 2.16. The van der Waals surface area contributed by atoms with Crippen LogP contribution in [0.2, 0.25) is 10.0 Å². The van der Waals surface area contributed by atoms with Crippen molar-refractivity contribution in [3.05, 3.63) is 34.2 Å². The molecule has 7 nitrogen and oxygen atoms in total. The lowest BCUT2D eigenvalue weighted by Gasteiger charge is -2.22. The van der Waals surface area contributed by atoms with Crippen LogP contribution >= 0.6 is 23.2 Å². The van der Waals surface area contributed by atoms with E-state index in [9.17, 15) is 4.39 Å². The molecule has 3 heterocycles. The monoisotopic (exact) mass is 396 g/mol. The Morgan fingerprint density at radius 2 is 1.88 bits per heavy atom. The van der Waals surface area contributed by atoms with Gasteiger partial charge in [-0.25, -0.2) is 14.4 Å². The molecule has 0 saturated carbocycles. The Morgan fingerprint density at radius 3 is 2.62 bits per heavy atom. The summed E-state index contributed by atoms with van der Waals surface area (Å²) in [6, 6.07) is 2.64. The number of imidazole rings is 1. The van der Waals surface area contributed by atoms with Crippen molar-refractivity contribution in [1.82, 2.24) is 19.9 Å². The molecule has 4 rings (SSSR count). The molecule has 1 aliphatic rings. The van der Waals surface area contributed by atoms with Gasteiger partial charge in [-0.3, -0.25) is 0 Å². The van der Waals surface area contributed by atoms with E-state index in [1.165, 1.54) is 12.1 Å². The Labute approximate surface area is 158 Å². The van der Waals surface area contributed by atoms with Crippen LogP contribution in [0.25, 0.3) is 11.2 Å². The number of H-pyrrole nitrogens is 1. The number of rotatable bonds is 4. The molecule has 0 amide bonds. The lowest BCUT2D eigenvalue weighted by atomic mass is 10.1. The van der Waals surface area contributed by atoms with Crippen LogP contribution in [0.5, 0.6) is 0 Å². The molecule has 1 saturated heterocycles. The van der Waals surface area contributed by atoms with Gasteiger partial charge in [0.1, 0.15) is 11.3 Å². The normalized spacial score (nSPS) is 15.3. The van der Waals surface area contributed by atoms with Crippen molar-refractivity contribution in [2.45, 2.75) is 18.9 Å². The molecule has 3 aromatic rings. The van der Waals surface area contributed by atoms with Gasteiger partial charge in [0, 0.05) is 19.3 Å². The third kappa shape index (κ3) is 3.67. The van der Waals surface area contributed by atoms with Crippen LogP contribution in [0, 0.1) is 5.82 Å². The molecule has 0 spiro atoms. The Bertz CT molecular complexity index is 921. The van der Waals surface area contributed by atoms with E-state index in [4.69, 9.17) is 27.9 Å². The number of hydrogen-bond acceptors (Lipinski definition) is 6. The number of nitrogens with one attached hydrogen (secondary N) is 3. The van der Waals surface area contributed by atoms with Gasteiger partial charge in [-0.1, -0.05) is 23.2 Å². The van der Waals surface area contributed by atoms with Crippen LogP contribution in [-0.4, -0.2) is 39.2 Å². The molecule has 0 atom stereocenters. The molecule has 1 aliphatic heterocycles. The lowest BCUT2D eigenvalue weighted by Crippen LogP contribution is -2.28. The van der Waals surface area contributed by atoms with Crippen LogP contribution in [0.3, 0.4) is 0 Å². The zero-order chi connectivity index (χ0) is 18.1. The second-order valence-corrected chi connectivity index (χ2v) is 6.73. The number of benzene rings is 1. The standard InChI is InChI=1S/C16H15Cl2FN6O/c17-10-5-8(19)6-11(18)13(10)23-16-22-12-7-20-15(24-14(12)25-16)21-9-1-3-26-4-2-9/h5-7,9H,1-4H2,(H3,20,21,22,23,24,25). The molecule has 136 valence electrons. The Morgan fingerprint density at radius 1 is 1.15 bits per heavy atom. The van der Waals surface area contributed by atoms with E-state index in [2.05, 4.69) is 30.6 Å². The molecular formula is C16H15Cl2FN6O. The summed E-state index contributed by atoms with van der Waals surface area (Å²) in [4.78, 5) is 16.1. The number of hydrogen-bond donors (Lipinski definition) is 3. The first-order valence-corrected chi connectivity index (χ1v) is 8.83. The van der Waals surface area contributed by atoms with Gasteiger partial charge in [-0.2, -0.15) is 4.98 Å². The van der Waals surface area contributed by atoms with Crippen molar-refractivity contribution in [3.8, 4) is 0 Å². The SMILES string of the molecule is Fc1cc(Cl)c(Nc2nc3cnc(NC4CCOCC4)nc3[nH]2)c(Cl)c1.